The van der Waals surface area contributed by atoms with Crippen molar-refractivity contribution in [3.05, 3.63) is 83.4 Å². The molecule has 1 aliphatic rings. The van der Waals surface area contributed by atoms with Crippen LogP contribution in [0.4, 0.5) is 11.4 Å². The molecule has 0 spiro atoms. The number of nitrogens with one attached hydrogen (secondary N) is 1. The first-order valence-electron chi connectivity index (χ1n) is 10.6. The van der Waals surface area contributed by atoms with Gasteiger partial charge >= 0.3 is 0 Å². The van der Waals surface area contributed by atoms with Crippen LogP contribution in [-0.4, -0.2) is 28.0 Å². The summed E-state index contributed by atoms with van der Waals surface area (Å²) in [5.74, 6) is 0.416. The van der Waals surface area contributed by atoms with Gasteiger partial charge in [0.1, 0.15) is 5.75 Å². The number of hydrogen-bond acceptors (Lipinski definition) is 4. The zero-order valence-corrected chi connectivity index (χ0v) is 19.0. The Kier molecular flexibility index (Phi) is 6.19. The van der Waals surface area contributed by atoms with Crippen LogP contribution in [0.25, 0.3) is 0 Å². The fraction of sp³-hybridized carbons (Fsp3) is 0.240. The number of nitrogens with zero attached hydrogens (tertiary/aromatic N) is 1. The second kappa shape index (κ2) is 9.04. The lowest BCUT2D eigenvalue weighted by Gasteiger charge is -2.31. The average molecular weight is 451 g/mol. The summed E-state index contributed by atoms with van der Waals surface area (Å²) in [6.07, 6.45) is 2.37. The molecule has 1 aliphatic heterocycles. The van der Waals surface area contributed by atoms with Gasteiger partial charge in [0.25, 0.3) is 15.9 Å². The van der Waals surface area contributed by atoms with E-state index in [9.17, 15) is 13.2 Å². The van der Waals surface area contributed by atoms with Crippen LogP contribution in [0.2, 0.25) is 0 Å². The lowest BCUT2D eigenvalue weighted by atomic mass is 10.0. The number of anilines is 2. The Morgan fingerprint density at radius 2 is 1.75 bits per heavy atom. The molecule has 0 aliphatic carbocycles. The summed E-state index contributed by atoms with van der Waals surface area (Å²) in [4.78, 5) is 12.8. The number of carbonyl (C=O) groups excluding carboxylic acids is 1. The van der Waals surface area contributed by atoms with Crippen molar-refractivity contribution in [3.63, 3.8) is 0 Å². The lowest BCUT2D eigenvalue weighted by Crippen LogP contribution is -2.35. The summed E-state index contributed by atoms with van der Waals surface area (Å²) in [6, 6.07) is 19.3. The highest BCUT2D eigenvalue weighted by atomic mass is 32.2. The Morgan fingerprint density at radius 1 is 1.03 bits per heavy atom. The molecule has 0 unspecified atom stereocenters. The third-order valence-corrected chi connectivity index (χ3v) is 7.51. The fourth-order valence-corrected chi connectivity index (χ4v) is 5.40. The number of amides is 1. The van der Waals surface area contributed by atoms with Crippen molar-refractivity contribution >= 4 is 27.3 Å². The van der Waals surface area contributed by atoms with E-state index in [-0.39, 0.29) is 10.8 Å². The molecule has 4 rings (SSSR count). The van der Waals surface area contributed by atoms with Crippen molar-refractivity contribution in [2.45, 2.75) is 31.1 Å². The van der Waals surface area contributed by atoms with Crippen LogP contribution in [0.15, 0.2) is 71.6 Å². The van der Waals surface area contributed by atoms with Gasteiger partial charge in [-0.1, -0.05) is 19.1 Å². The summed E-state index contributed by atoms with van der Waals surface area (Å²) in [5.41, 5.74) is 3.96. The fourth-order valence-electron chi connectivity index (χ4n) is 3.86. The molecule has 0 bridgehead atoms. The number of methoxy groups -OCH3 is 1. The molecule has 6 nitrogen and oxygen atoms in total. The van der Waals surface area contributed by atoms with Crippen molar-refractivity contribution in [1.29, 1.82) is 0 Å². The van der Waals surface area contributed by atoms with E-state index in [1.807, 2.05) is 30.3 Å². The van der Waals surface area contributed by atoms with Gasteiger partial charge in [-0.2, -0.15) is 0 Å². The maximum Gasteiger partial charge on any atom is 0.264 e. The first-order valence-corrected chi connectivity index (χ1v) is 12.1. The first-order chi connectivity index (χ1) is 15.4. The van der Waals surface area contributed by atoms with E-state index in [2.05, 4.69) is 12.2 Å². The number of carbonyl (C=O) groups is 1. The van der Waals surface area contributed by atoms with Gasteiger partial charge in [-0.05, 0) is 85.0 Å². The molecular formula is C25H26N2O4S. The molecule has 0 aromatic heterocycles. The molecule has 1 heterocycles. The third-order valence-electron chi connectivity index (χ3n) is 5.69. The lowest BCUT2D eigenvalue weighted by molar-refractivity contribution is 0.102. The van der Waals surface area contributed by atoms with E-state index in [1.54, 1.807) is 43.5 Å². The van der Waals surface area contributed by atoms with Gasteiger partial charge in [-0.15, -0.1) is 0 Å². The molecule has 3 aromatic rings. The molecule has 0 saturated heterocycles. The van der Waals surface area contributed by atoms with Crippen LogP contribution in [0.3, 0.4) is 0 Å². The molecule has 166 valence electrons. The highest BCUT2D eigenvalue weighted by molar-refractivity contribution is 7.92. The minimum Gasteiger partial charge on any atom is -0.497 e. The molecule has 1 amide bonds. The Bertz CT molecular complexity index is 1220. The zero-order valence-electron chi connectivity index (χ0n) is 18.2. The van der Waals surface area contributed by atoms with Crippen molar-refractivity contribution in [2.24, 2.45) is 0 Å². The quantitative estimate of drug-likeness (QED) is 0.593. The van der Waals surface area contributed by atoms with Crippen molar-refractivity contribution in [1.82, 2.24) is 0 Å². The predicted octanol–water partition coefficient (Wildman–Crippen LogP) is 4.65. The second-order valence-corrected chi connectivity index (χ2v) is 9.57. The van der Waals surface area contributed by atoms with E-state index in [4.69, 9.17) is 4.74 Å². The minimum atomic E-state index is -3.70. The monoisotopic (exact) mass is 450 g/mol. The highest BCUT2D eigenvalue weighted by Gasteiger charge is 2.29. The Balaban J connectivity index is 1.57. The summed E-state index contributed by atoms with van der Waals surface area (Å²) in [5, 5.41) is 2.92. The van der Waals surface area contributed by atoms with Gasteiger partial charge in [0.15, 0.2) is 0 Å². The Labute approximate surface area is 188 Å². The van der Waals surface area contributed by atoms with Crippen LogP contribution >= 0.6 is 0 Å². The number of aryl methyl sites for hydroxylation is 2. The molecule has 3 aromatic carbocycles. The number of fused-ring (bicyclic) bond motifs is 1. The van der Waals surface area contributed by atoms with E-state index in [0.717, 1.165) is 18.4 Å². The highest BCUT2D eigenvalue weighted by Crippen LogP contribution is 2.34. The van der Waals surface area contributed by atoms with E-state index in [1.165, 1.54) is 9.87 Å². The third kappa shape index (κ3) is 4.34. The molecule has 0 fully saturated rings. The first kappa shape index (κ1) is 21.9. The van der Waals surface area contributed by atoms with Crippen molar-refractivity contribution < 1.29 is 17.9 Å². The van der Waals surface area contributed by atoms with E-state index in [0.29, 0.717) is 35.7 Å². The smallest absolute Gasteiger partial charge is 0.264 e. The van der Waals surface area contributed by atoms with E-state index >= 15 is 0 Å². The van der Waals surface area contributed by atoms with Gasteiger partial charge in [-0.25, -0.2) is 8.42 Å². The minimum absolute atomic E-state index is 0.189. The summed E-state index contributed by atoms with van der Waals surface area (Å²) < 4.78 is 33.1. The summed E-state index contributed by atoms with van der Waals surface area (Å²) >= 11 is 0. The average Bonchev–Trinajstić information content (AvgIpc) is 2.83. The Hall–Kier alpha value is -3.32. The van der Waals surface area contributed by atoms with Gasteiger partial charge in [0.2, 0.25) is 0 Å². The number of hydrogen-bond donors (Lipinski definition) is 1. The van der Waals surface area contributed by atoms with E-state index < -0.39 is 10.0 Å². The van der Waals surface area contributed by atoms with Gasteiger partial charge in [-0.3, -0.25) is 9.10 Å². The van der Waals surface area contributed by atoms with Crippen LogP contribution < -0.4 is 14.4 Å². The number of sulfonamides is 1. The Morgan fingerprint density at radius 3 is 2.41 bits per heavy atom. The summed E-state index contributed by atoms with van der Waals surface area (Å²) in [7, 11) is -2.15. The molecule has 1 N–H and O–H groups in total. The summed E-state index contributed by atoms with van der Waals surface area (Å²) in [6.45, 7) is 2.48. The zero-order chi connectivity index (χ0) is 22.7. The number of ether oxygens (including phenoxy) is 1. The van der Waals surface area contributed by atoms with Gasteiger partial charge < -0.3 is 10.1 Å². The molecule has 0 radical (unpaired) electrons. The van der Waals surface area contributed by atoms with Crippen LogP contribution in [0.1, 0.15) is 34.8 Å². The van der Waals surface area contributed by atoms with Crippen LogP contribution in [0.5, 0.6) is 5.75 Å². The number of rotatable bonds is 6. The molecule has 32 heavy (non-hydrogen) atoms. The SMILES string of the molecule is CCc1ccc(C(=O)Nc2ccc3c(c2)CCCN3S(=O)(=O)c2ccc(OC)cc2)cc1. The van der Waals surface area contributed by atoms with Crippen molar-refractivity contribution in [2.75, 3.05) is 23.3 Å². The van der Waals surface area contributed by atoms with Crippen molar-refractivity contribution in [3.8, 4) is 5.75 Å². The molecule has 7 heteroatoms. The standard InChI is InChI=1S/C25H26N2O4S/c1-3-18-6-8-19(9-7-18)25(28)26-21-10-15-24-20(17-21)5-4-16-27(24)32(29,30)23-13-11-22(31-2)12-14-23/h6-15,17H,3-5,16H2,1-2H3,(H,26,28). The molecule has 0 saturated carbocycles. The second-order valence-electron chi connectivity index (χ2n) is 7.70. The number of benzene rings is 3. The maximum atomic E-state index is 13.3. The topological polar surface area (TPSA) is 75.7 Å². The largest absolute Gasteiger partial charge is 0.497 e. The van der Waals surface area contributed by atoms with Gasteiger partial charge in [0.05, 0.1) is 17.7 Å². The molecule has 0 atom stereocenters. The van der Waals surface area contributed by atoms with Crippen LogP contribution in [-0.2, 0) is 22.9 Å². The predicted molar refractivity (Wildman–Crippen MR) is 126 cm³/mol. The normalized spacial score (nSPS) is 13.4. The van der Waals surface area contributed by atoms with Crippen LogP contribution in [0, 0.1) is 0 Å². The molecular weight excluding hydrogens is 424 g/mol. The maximum absolute atomic E-state index is 13.3. The van der Waals surface area contributed by atoms with Gasteiger partial charge in [0, 0.05) is 17.8 Å².